The highest BCUT2D eigenvalue weighted by atomic mass is 35.5. The zero-order valence-corrected chi connectivity index (χ0v) is 19.2. The second-order valence-electron chi connectivity index (χ2n) is 7.19. The molecule has 0 radical (unpaired) electrons. The van der Waals surface area contributed by atoms with Gasteiger partial charge in [-0.3, -0.25) is 4.79 Å². The van der Waals surface area contributed by atoms with Gasteiger partial charge in [0.05, 0.1) is 18.6 Å². The Kier molecular flexibility index (Phi) is 8.75. The van der Waals surface area contributed by atoms with E-state index in [2.05, 4.69) is 37.2 Å². The summed E-state index contributed by atoms with van der Waals surface area (Å²) in [5, 5.41) is 3.64. The summed E-state index contributed by atoms with van der Waals surface area (Å²) in [5.74, 6) is 1.51. The van der Waals surface area contributed by atoms with Crippen molar-refractivity contribution < 1.29 is 9.21 Å². The normalized spacial score (nSPS) is 11.0. The van der Waals surface area contributed by atoms with E-state index in [1.54, 1.807) is 18.4 Å². The Morgan fingerprint density at radius 2 is 1.94 bits per heavy atom. The third kappa shape index (κ3) is 7.90. The van der Waals surface area contributed by atoms with E-state index in [4.69, 9.17) is 16.0 Å². The van der Waals surface area contributed by atoms with Crippen molar-refractivity contribution in [1.82, 2.24) is 20.2 Å². The first-order valence-electron chi connectivity index (χ1n) is 9.89. The average molecular weight is 460 g/mol. The van der Waals surface area contributed by atoms with Gasteiger partial charge in [-0.25, -0.2) is 9.97 Å². The second kappa shape index (κ2) is 11.7. The Balaban J connectivity index is 1.66. The lowest BCUT2D eigenvalue weighted by Gasteiger charge is -2.26. The maximum absolute atomic E-state index is 12.2. The Morgan fingerprint density at radius 3 is 2.65 bits per heavy atom. The maximum Gasteiger partial charge on any atom is 0.230 e. The van der Waals surface area contributed by atoms with Gasteiger partial charge in [-0.1, -0.05) is 53.7 Å². The topological polar surface area (TPSA) is 74.5 Å². The molecule has 1 N–H and O–H groups in total. The van der Waals surface area contributed by atoms with Crippen molar-refractivity contribution >= 4 is 35.1 Å². The number of thioether (sulfide) groups is 1. The molecule has 1 aromatic carbocycles. The van der Waals surface area contributed by atoms with Gasteiger partial charge in [0.1, 0.15) is 16.7 Å². The number of hydrogen-bond acceptors (Lipinski definition) is 7. The highest BCUT2D eigenvalue weighted by molar-refractivity contribution is 7.99. The van der Waals surface area contributed by atoms with Crippen LogP contribution < -0.4 is 10.2 Å². The van der Waals surface area contributed by atoms with Gasteiger partial charge in [0, 0.05) is 25.7 Å². The third-order valence-electron chi connectivity index (χ3n) is 4.39. The van der Waals surface area contributed by atoms with Crippen molar-refractivity contribution in [3.8, 4) is 0 Å². The predicted octanol–water partition coefficient (Wildman–Crippen LogP) is 3.70. The molecule has 0 saturated heterocycles. The summed E-state index contributed by atoms with van der Waals surface area (Å²) in [6.45, 7) is 2.70. The number of halogens is 1. The number of carbonyl (C=O) groups excluding carboxylic acids is 1. The molecule has 31 heavy (non-hydrogen) atoms. The van der Waals surface area contributed by atoms with Crippen LogP contribution >= 0.6 is 23.4 Å². The molecule has 0 saturated carbocycles. The molecule has 0 bridgehead atoms. The van der Waals surface area contributed by atoms with Crippen LogP contribution in [-0.4, -0.2) is 53.7 Å². The van der Waals surface area contributed by atoms with Crippen molar-refractivity contribution in [2.24, 2.45) is 0 Å². The lowest BCUT2D eigenvalue weighted by atomic mass is 10.2. The van der Waals surface area contributed by atoms with Crippen molar-refractivity contribution in [3.63, 3.8) is 0 Å². The van der Waals surface area contributed by atoms with E-state index in [1.807, 2.05) is 38.4 Å². The lowest BCUT2D eigenvalue weighted by molar-refractivity contribution is -0.118. The summed E-state index contributed by atoms with van der Waals surface area (Å²) in [6.07, 6.45) is 1.58. The summed E-state index contributed by atoms with van der Waals surface area (Å²) < 4.78 is 5.22. The van der Waals surface area contributed by atoms with Crippen molar-refractivity contribution in [3.05, 3.63) is 71.3 Å². The first-order valence-corrected chi connectivity index (χ1v) is 11.3. The van der Waals surface area contributed by atoms with Crippen LogP contribution in [0.1, 0.15) is 11.3 Å². The summed E-state index contributed by atoms with van der Waals surface area (Å²) in [6, 6.07) is 15.6. The quantitative estimate of drug-likeness (QED) is 0.266. The van der Waals surface area contributed by atoms with Gasteiger partial charge >= 0.3 is 0 Å². The number of likely N-dealkylation sites (N-methyl/N-ethyl adjacent to an activating group) is 1. The van der Waals surface area contributed by atoms with Crippen molar-refractivity contribution in [1.29, 1.82) is 0 Å². The lowest BCUT2D eigenvalue weighted by Crippen LogP contribution is -2.32. The highest BCUT2D eigenvalue weighted by Gasteiger charge is 2.14. The van der Waals surface area contributed by atoms with Crippen molar-refractivity contribution in [2.75, 3.05) is 37.8 Å². The fourth-order valence-corrected chi connectivity index (χ4v) is 3.70. The first kappa shape index (κ1) is 23.1. The van der Waals surface area contributed by atoms with E-state index in [9.17, 15) is 4.79 Å². The van der Waals surface area contributed by atoms with Crippen LogP contribution in [-0.2, 0) is 17.9 Å². The summed E-state index contributed by atoms with van der Waals surface area (Å²) in [4.78, 5) is 25.4. The van der Waals surface area contributed by atoms with Crippen molar-refractivity contribution in [2.45, 2.75) is 18.2 Å². The Morgan fingerprint density at radius 1 is 1.13 bits per heavy atom. The molecule has 3 rings (SSSR count). The Labute approximate surface area is 191 Å². The molecule has 2 heterocycles. The molecular formula is C22H26ClN5O2S. The Hall–Kier alpha value is -2.55. The van der Waals surface area contributed by atoms with Crippen LogP contribution in [0.4, 0.5) is 5.82 Å². The number of benzene rings is 1. The standard InChI is InChI=1S/C22H26ClN5O2S/c1-27(2)10-11-28(15-17-7-4-3-5-8-17)20-13-19(23)25-22(26-20)31-16-21(29)24-14-18-9-6-12-30-18/h3-9,12-13H,10-11,14-16H2,1-2H3,(H,24,29). The minimum atomic E-state index is -0.125. The molecule has 7 nitrogen and oxygen atoms in total. The molecular weight excluding hydrogens is 434 g/mol. The number of amides is 1. The van der Waals surface area contributed by atoms with E-state index in [0.29, 0.717) is 29.2 Å². The second-order valence-corrected chi connectivity index (χ2v) is 8.52. The van der Waals surface area contributed by atoms with Gasteiger partial charge in [0.25, 0.3) is 0 Å². The first-order chi connectivity index (χ1) is 15.0. The molecule has 0 aliphatic heterocycles. The van der Waals surface area contributed by atoms with E-state index in [0.717, 1.165) is 18.9 Å². The summed E-state index contributed by atoms with van der Waals surface area (Å²) in [5.41, 5.74) is 1.18. The SMILES string of the molecule is CN(C)CCN(Cc1ccccc1)c1cc(Cl)nc(SCC(=O)NCc2ccco2)n1. The summed E-state index contributed by atoms with van der Waals surface area (Å²) >= 11 is 7.55. The molecule has 0 unspecified atom stereocenters. The molecule has 0 fully saturated rings. The number of rotatable bonds is 11. The van der Waals surface area contributed by atoms with Crippen LogP contribution in [0.5, 0.6) is 0 Å². The minimum absolute atomic E-state index is 0.125. The van der Waals surface area contributed by atoms with E-state index in [-0.39, 0.29) is 11.7 Å². The van der Waals surface area contributed by atoms with Gasteiger partial charge in [-0.05, 0) is 31.8 Å². The van der Waals surface area contributed by atoms with Crippen LogP contribution in [0.3, 0.4) is 0 Å². The van der Waals surface area contributed by atoms with Crippen LogP contribution in [0.15, 0.2) is 64.4 Å². The number of anilines is 1. The zero-order valence-electron chi connectivity index (χ0n) is 17.6. The molecule has 2 aromatic heterocycles. The van der Waals surface area contributed by atoms with Gasteiger partial charge in [0.15, 0.2) is 5.16 Å². The largest absolute Gasteiger partial charge is 0.467 e. The molecule has 0 aliphatic rings. The van der Waals surface area contributed by atoms with Gasteiger partial charge < -0.3 is 19.5 Å². The molecule has 9 heteroatoms. The van der Waals surface area contributed by atoms with Crippen LogP contribution in [0.25, 0.3) is 0 Å². The van der Waals surface area contributed by atoms with E-state index >= 15 is 0 Å². The maximum atomic E-state index is 12.2. The minimum Gasteiger partial charge on any atom is -0.467 e. The predicted molar refractivity (Wildman–Crippen MR) is 124 cm³/mol. The number of nitrogens with one attached hydrogen (secondary N) is 1. The highest BCUT2D eigenvalue weighted by Crippen LogP contribution is 2.23. The molecule has 0 atom stereocenters. The fourth-order valence-electron chi connectivity index (χ4n) is 2.79. The molecule has 0 spiro atoms. The molecule has 0 aliphatic carbocycles. The third-order valence-corrected chi connectivity index (χ3v) is 5.43. The van der Waals surface area contributed by atoms with Gasteiger partial charge in [0.2, 0.25) is 5.91 Å². The number of carbonyl (C=O) groups is 1. The zero-order chi connectivity index (χ0) is 22.1. The smallest absolute Gasteiger partial charge is 0.230 e. The van der Waals surface area contributed by atoms with E-state index < -0.39 is 0 Å². The van der Waals surface area contributed by atoms with Crippen LogP contribution in [0.2, 0.25) is 5.15 Å². The molecule has 164 valence electrons. The Bertz CT molecular complexity index is 954. The monoisotopic (exact) mass is 459 g/mol. The number of nitrogens with zero attached hydrogens (tertiary/aromatic N) is 4. The fraction of sp³-hybridized carbons (Fsp3) is 0.318. The number of furan rings is 1. The molecule has 1 amide bonds. The summed E-state index contributed by atoms with van der Waals surface area (Å²) in [7, 11) is 4.08. The molecule has 3 aromatic rings. The van der Waals surface area contributed by atoms with Crippen LogP contribution in [0, 0.1) is 0 Å². The van der Waals surface area contributed by atoms with E-state index in [1.165, 1.54) is 17.3 Å². The number of hydrogen-bond donors (Lipinski definition) is 1. The van der Waals surface area contributed by atoms with Gasteiger partial charge in [-0.15, -0.1) is 0 Å². The number of aromatic nitrogens is 2. The van der Waals surface area contributed by atoms with Gasteiger partial charge in [-0.2, -0.15) is 0 Å². The average Bonchev–Trinajstić information content (AvgIpc) is 3.27.